The number of rotatable bonds is 3. The number of aromatic nitrogens is 2. The molecule has 0 aliphatic heterocycles. The Bertz CT molecular complexity index is 703. The Labute approximate surface area is 104 Å². The van der Waals surface area contributed by atoms with Gasteiger partial charge in [0.15, 0.2) is 9.84 Å². The van der Waals surface area contributed by atoms with Crippen LogP contribution in [-0.4, -0.2) is 37.2 Å². The highest BCUT2D eigenvalue weighted by Gasteiger charge is 2.18. The van der Waals surface area contributed by atoms with Gasteiger partial charge in [0.25, 0.3) is 0 Å². The topological polar surface area (TPSA) is 89.1 Å². The van der Waals surface area contributed by atoms with E-state index in [1.165, 1.54) is 6.07 Å². The SMILES string of the molecule is CCOC(=O)c1nc2c(S(C)(=O)=O)cccc2[nH]1. The van der Waals surface area contributed by atoms with Crippen molar-refractivity contribution in [2.45, 2.75) is 11.8 Å². The molecule has 0 atom stereocenters. The van der Waals surface area contributed by atoms with Gasteiger partial charge in [-0.1, -0.05) is 6.07 Å². The second kappa shape index (κ2) is 4.41. The van der Waals surface area contributed by atoms with Gasteiger partial charge in [0.05, 0.1) is 17.0 Å². The third-order valence-electron chi connectivity index (χ3n) is 2.34. The van der Waals surface area contributed by atoms with Crippen molar-refractivity contribution < 1.29 is 17.9 Å². The van der Waals surface area contributed by atoms with Gasteiger partial charge in [-0.05, 0) is 19.1 Å². The lowest BCUT2D eigenvalue weighted by atomic mass is 10.3. The molecule has 1 aromatic heterocycles. The lowest BCUT2D eigenvalue weighted by Gasteiger charge is -1.97. The number of ether oxygens (including phenoxy) is 1. The zero-order chi connectivity index (χ0) is 13.3. The molecule has 0 saturated carbocycles. The summed E-state index contributed by atoms with van der Waals surface area (Å²) in [6, 6.07) is 4.69. The van der Waals surface area contributed by atoms with Crippen molar-refractivity contribution >= 4 is 26.8 Å². The van der Waals surface area contributed by atoms with E-state index in [1.54, 1.807) is 19.1 Å². The molecule has 18 heavy (non-hydrogen) atoms. The fourth-order valence-corrected chi connectivity index (χ4v) is 2.43. The summed E-state index contributed by atoms with van der Waals surface area (Å²) in [5, 5.41) is 0. The maximum Gasteiger partial charge on any atom is 0.374 e. The average molecular weight is 268 g/mol. The van der Waals surface area contributed by atoms with Crippen LogP contribution in [0.15, 0.2) is 23.1 Å². The highest BCUT2D eigenvalue weighted by atomic mass is 32.2. The highest BCUT2D eigenvalue weighted by Crippen LogP contribution is 2.21. The molecule has 96 valence electrons. The monoisotopic (exact) mass is 268 g/mol. The number of H-pyrrole nitrogens is 1. The summed E-state index contributed by atoms with van der Waals surface area (Å²) in [4.78, 5) is 18.3. The first-order valence-electron chi connectivity index (χ1n) is 5.29. The van der Waals surface area contributed by atoms with Crippen LogP contribution in [0.25, 0.3) is 11.0 Å². The summed E-state index contributed by atoms with van der Waals surface area (Å²) in [5.41, 5.74) is 0.740. The average Bonchev–Trinajstić information content (AvgIpc) is 2.71. The molecule has 1 N–H and O–H groups in total. The van der Waals surface area contributed by atoms with Crippen LogP contribution in [0.5, 0.6) is 0 Å². The molecule has 1 heterocycles. The fraction of sp³-hybridized carbons (Fsp3) is 0.273. The fourth-order valence-electron chi connectivity index (χ4n) is 1.60. The quantitative estimate of drug-likeness (QED) is 0.843. The number of carbonyl (C=O) groups excluding carboxylic acids is 1. The molecular formula is C11H12N2O4S. The smallest absolute Gasteiger partial charge is 0.374 e. The van der Waals surface area contributed by atoms with Crippen molar-refractivity contribution in [3.63, 3.8) is 0 Å². The summed E-state index contributed by atoms with van der Waals surface area (Å²) in [5.74, 6) is -0.601. The lowest BCUT2D eigenvalue weighted by Crippen LogP contribution is -2.06. The standard InChI is InChI=1S/C11H12N2O4S/c1-3-17-11(14)10-12-7-5-4-6-8(9(7)13-10)18(2,15)16/h4-6H,3H2,1-2H3,(H,12,13). The number of para-hydroxylation sites is 1. The van der Waals surface area contributed by atoms with E-state index in [2.05, 4.69) is 9.97 Å². The van der Waals surface area contributed by atoms with E-state index in [4.69, 9.17) is 4.74 Å². The first kappa shape index (κ1) is 12.6. The van der Waals surface area contributed by atoms with Crippen LogP contribution in [0.1, 0.15) is 17.5 Å². The Morgan fingerprint density at radius 2 is 2.17 bits per heavy atom. The third-order valence-corrected chi connectivity index (χ3v) is 3.47. The summed E-state index contributed by atoms with van der Waals surface area (Å²) in [6.45, 7) is 1.91. The van der Waals surface area contributed by atoms with Gasteiger partial charge in [-0.3, -0.25) is 0 Å². The van der Waals surface area contributed by atoms with Crippen LogP contribution < -0.4 is 0 Å². The maximum atomic E-state index is 11.6. The number of nitrogens with one attached hydrogen (secondary N) is 1. The molecule has 2 rings (SSSR count). The van der Waals surface area contributed by atoms with E-state index in [-0.39, 0.29) is 22.8 Å². The number of hydrogen-bond donors (Lipinski definition) is 1. The molecule has 0 aliphatic carbocycles. The second-order valence-corrected chi connectivity index (χ2v) is 5.71. The number of benzene rings is 1. The summed E-state index contributed by atoms with van der Waals surface area (Å²) in [7, 11) is -3.39. The largest absolute Gasteiger partial charge is 0.460 e. The van der Waals surface area contributed by atoms with Gasteiger partial charge in [-0.25, -0.2) is 18.2 Å². The lowest BCUT2D eigenvalue weighted by molar-refractivity contribution is 0.0513. The van der Waals surface area contributed by atoms with Gasteiger partial charge < -0.3 is 9.72 Å². The zero-order valence-electron chi connectivity index (χ0n) is 9.93. The van der Waals surface area contributed by atoms with E-state index in [0.717, 1.165) is 6.26 Å². The molecule has 6 nitrogen and oxygen atoms in total. The van der Waals surface area contributed by atoms with Gasteiger partial charge in [-0.15, -0.1) is 0 Å². The number of carbonyl (C=O) groups is 1. The van der Waals surface area contributed by atoms with Gasteiger partial charge in [0.1, 0.15) is 5.52 Å². The first-order chi connectivity index (χ1) is 8.43. The molecule has 0 aliphatic rings. The number of esters is 1. The van der Waals surface area contributed by atoms with Crippen LogP contribution >= 0.6 is 0 Å². The molecule has 0 spiro atoms. The molecule has 2 aromatic rings. The Morgan fingerprint density at radius 1 is 1.44 bits per heavy atom. The van der Waals surface area contributed by atoms with Crippen LogP contribution in [0, 0.1) is 0 Å². The Hall–Kier alpha value is -1.89. The number of fused-ring (bicyclic) bond motifs is 1. The minimum Gasteiger partial charge on any atom is -0.460 e. The van der Waals surface area contributed by atoms with E-state index in [9.17, 15) is 13.2 Å². The predicted molar refractivity (Wildman–Crippen MR) is 65.2 cm³/mol. The van der Waals surface area contributed by atoms with Crippen molar-refractivity contribution in [1.29, 1.82) is 0 Å². The van der Waals surface area contributed by atoms with Crippen LogP contribution in [0.3, 0.4) is 0 Å². The van der Waals surface area contributed by atoms with Crippen molar-refractivity contribution in [1.82, 2.24) is 9.97 Å². The van der Waals surface area contributed by atoms with Crippen molar-refractivity contribution in [3.05, 3.63) is 24.0 Å². The van der Waals surface area contributed by atoms with E-state index < -0.39 is 15.8 Å². The molecule has 0 amide bonds. The number of nitrogens with zero attached hydrogens (tertiary/aromatic N) is 1. The molecule has 0 unspecified atom stereocenters. The number of aromatic amines is 1. The normalized spacial score (nSPS) is 11.7. The van der Waals surface area contributed by atoms with Crippen LogP contribution in [-0.2, 0) is 14.6 Å². The number of sulfone groups is 1. The summed E-state index contributed by atoms with van der Waals surface area (Å²) in [6.07, 6.45) is 1.10. The van der Waals surface area contributed by atoms with E-state index in [0.29, 0.717) is 5.52 Å². The number of hydrogen-bond acceptors (Lipinski definition) is 5. The van der Waals surface area contributed by atoms with E-state index >= 15 is 0 Å². The molecule has 0 saturated heterocycles. The van der Waals surface area contributed by atoms with Crippen LogP contribution in [0.2, 0.25) is 0 Å². The Balaban J connectivity index is 2.62. The van der Waals surface area contributed by atoms with Gasteiger partial charge in [0.2, 0.25) is 5.82 Å². The third kappa shape index (κ3) is 2.21. The van der Waals surface area contributed by atoms with Crippen LogP contribution in [0.4, 0.5) is 0 Å². The number of imidazole rings is 1. The van der Waals surface area contributed by atoms with Gasteiger partial charge >= 0.3 is 5.97 Å². The zero-order valence-corrected chi connectivity index (χ0v) is 10.7. The minimum absolute atomic E-state index is 0.00273. The van der Waals surface area contributed by atoms with Gasteiger partial charge in [-0.2, -0.15) is 0 Å². The predicted octanol–water partition coefficient (Wildman–Crippen LogP) is 1.14. The van der Waals surface area contributed by atoms with E-state index in [1.807, 2.05) is 0 Å². The van der Waals surface area contributed by atoms with Crippen molar-refractivity contribution in [2.75, 3.05) is 12.9 Å². The van der Waals surface area contributed by atoms with Crippen molar-refractivity contribution in [3.8, 4) is 0 Å². The molecule has 1 aromatic carbocycles. The Morgan fingerprint density at radius 3 is 2.78 bits per heavy atom. The maximum absolute atomic E-state index is 11.6. The highest BCUT2D eigenvalue weighted by molar-refractivity contribution is 7.91. The summed E-state index contributed by atoms with van der Waals surface area (Å²) < 4.78 is 28.0. The van der Waals surface area contributed by atoms with Crippen molar-refractivity contribution in [2.24, 2.45) is 0 Å². The minimum atomic E-state index is -3.39. The van der Waals surface area contributed by atoms with Gasteiger partial charge in [0, 0.05) is 6.26 Å². The first-order valence-corrected chi connectivity index (χ1v) is 7.18. The Kier molecular flexibility index (Phi) is 3.08. The molecule has 0 fully saturated rings. The second-order valence-electron chi connectivity index (χ2n) is 3.73. The summed E-state index contributed by atoms with van der Waals surface area (Å²) >= 11 is 0. The molecule has 0 radical (unpaired) electrons. The molecule has 7 heteroatoms. The molecular weight excluding hydrogens is 256 g/mol. The molecule has 0 bridgehead atoms.